The minimum absolute atomic E-state index is 0.838. The van der Waals surface area contributed by atoms with Crippen molar-refractivity contribution in [2.24, 2.45) is 4.99 Å². The van der Waals surface area contributed by atoms with Crippen LogP contribution >= 0.6 is 11.8 Å². The molecule has 1 aliphatic rings. The number of nitrogens with one attached hydrogen (secondary N) is 1. The zero-order valence-electron chi connectivity index (χ0n) is 14.0. The van der Waals surface area contributed by atoms with Crippen LogP contribution in [0.1, 0.15) is 17.5 Å². The Labute approximate surface area is 147 Å². The summed E-state index contributed by atoms with van der Waals surface area (Å²) in [7, 11) is 3.37. The molecule has 0 spiro atoms. The van der Waals surface area contributed by atoms with Gasteiger partial charge in [0.25, 0.3) is 0 Å². The van der Waals surface area contributed by atoms with Crippen LogP contribution in [0.5, 0.6) is 11.5 Å². The van der Waals surface area contributed by atoms with Crippen LogP contribution in [0.25, 0.3) is 0 Å². The molecule has 0 bridgehead atoms. The van der Waals surface area contributed by atoms with Crippen LogP contribution in [0.3, 0.4) is 0 Å². The number of rotatable bonds is 6. The monoisotopic (exact) mass is 342 g/mol. The Kier molecular flexibility index (Phi) is 5.64. The van der Waals surface area contributed by atoms with Crippen LogP contribution < -0.4 is 14.8 Å². The predicted octanol–water partition coefficient (Wildman–Crippen LogP) is 3.74. The second-order valence-corrected chi connectivity index (χ2v) is 6.49. The van der Waals surface area contributed by atoms with Gasteiger partial charge in [-0.3, -0.25) is 4.99 Å². The van der Waals surface area contributed by atoms with Gasteiger partial charge in [0.2, 0.25) is 0 Å². The van der Waals surface area contributed by atoms with E-state index in [-0.39, 0.29) is 0 Å². The first-order chi connectivity index (χ1) is 11.8. The molecule has 1 heterocycles. The summed E-state index contributed by atoms with van der Waals surface area (Å²) in [5.74, 6) is 3.56. The largest absolute Gasteiger partial charge is 0.497 e. The average Bonchev–Trinajstić information content (AvgIpc) is 2.67. The van der Waals surface area contributed by atoms with Gasteiger partial charge in [-0.05, 0) is 30.2 Å². The lowest BCUT2D eigenvalue weighted by Gasteiger charge is -2.17. The number of ether oxygens (including phenoxy) is 2. The third kappa shape index (κ3) is 3.85. The second-order valence-electron chi connectivity index (χ2n) is 5.47. The normalized spacial score (nSPS) is 13.8. The van der Waals surface area contributed by atoms with E-state index >= 15 is 0 Å². The lowest BCUT2D eigenvalue weighted by atomic mass is 10.1. The number of aliphatic imine (C=N–C) groups is 1. The molecule has 0 unspecified atom stereocenters. The minimum Gasteiger partial charge on any atom is -0.497 e. The van der Waals surface area contributed by atoms with E-state index in [1.54, 1.807) is 26.0 Å². The van der Waals surface area contributed by atoms with Gasteiger partial charge in [0, 0.05) is 24.4 Å². The molecule has 3 rings (SSSR count). The van der Waals surface area contributed by atoms with Crippen molar-refractivity contribution < 1.29 is 9.47 Å². The summed E-state index contributed by atoms with van der Waals surface area (Å²) in [6, 6.07) is 14.3. The summed E-state index contributed by atoms with van der Waals surface area (Å²) in [6.45, 7) is 1.89. The molecule has 0 amide bonds. The fourth-order valence-electron chi connectivity index (χ4n) is 2.64. The maximum Gasteiger partial charge on any atom is 0.132 e. The topological polar surface area (TPSA) is 42.9 Å². The third-order valence-corrected chi connectivity index (χ3v) is 5.01. The highest BCUT2D eigenvalue weighted by molar-refractivity contribution is 7.98. The molecular weight excluding hydrogens is 320 g/mol. The Morgan fingerprint density at radius 3 is 2.75 bits per heavy atom. The van der Waals surface area contributed by atoms with Crippen molar-refractivity contribution in [3.8, 4) is 11.5 Å². The molecule has 0 aromatic heterocycles. The molecule has 0 aliphatic carbocycles. The van der Waals surface area contributed by atoms with E-state index in [0.717, 1.165) is 47.5 Å². The molecule has 0 saturated carbocycles. The number of hydrogen-bond acceptors (Lipinski definition) is 5. The van der Waals surface area contributed by atoms with E-state index in [0.29, 0.717) is 0 Å². The van der Waals surface area contributed by atoms with Crippen molar-refractivity contribution in [2.45, 2.75) is 17.1 Å². The Morgan fingerprint density at radius 2 is 2.00 bits per heavy atom. The Hall–Kier alpha value is -2.14. The molecule has 1 N–H and O–H groups in total. The molecule has 24 heavy (non-hydrogen) atoms. The van der Waals surface area contributed by atoms with Gasteiger partial charge in [0.1, 0.15) is 17.3 Å². The SMILES string of the molecule is COc1ccc(OC)c(SCc2ccccc2C2=NCCCN2)c1. The van der Waals surface area contributed by atoms with Gasteiger partial charge in [-0.25, -0.2) is 0 Å². The van der Waals surface area contributed by atoms with Crippen molar-refractivity contribution in [1.82, 2.24) is 5.32 Å². The second kappa shape index (κ2) is 8.11. The molecule has 4 nitrogen and oxygen atoms in total. The smallest absolute Gasteiger partial charge is 0.132 e. The summed E-state index contributed by atoms with van der Waals surface area (Å²) in [5, 5.41) is 3.41. The fourth-order valence-corrected chi connectivity index (χ4v) is 3.70. The van der Waals surface area contributed by atoms with E-state index in [2.05, 4.69) is 34.6 Å². The van der Waals surface area contributed by atoms with Crippen LogP contribution in [0.4, 0.5) is 0 Å². The molecule has 126 valence electrons. The zero-order valence-corrected chi connectivity index (χ0v) is 14.9. The molecule has 2 aromatic rings. The lowest BCUT2D eigenvalue weighted by Crippen LogP contribution is -2.30. The van der Waals surface area contributed by atoms with E-state index in [4.69, 9.17) is 9.47 Å². The van der Waals surface area contributed by atoms with Gasteiger partial charge < -0.3 is 14.8 Å². The first-order valence-electron chi connectivity index (χ1n) is 8.03. The summed E-state index contributed by atoms with van der Waals surface area (Å²) in [6.07, 6.45) is 1.10. The van der Waals surface area contributed by atoms with E-state index in [1.807, 2.05) is 18.2 Å². The molecule has 2 aromatic carbocycles. The molecule has 0 radical (unpaired) electrons. The molecule has 5 heteroatoms. The number of thioether (sulfide) groups is 1. The maximum atomic E-state index is 5.47. The highest BCUT2D eigenvalue weighted by atomic mass is 32.2. The first kappa shape index (κ1) is 16.7. The maximum absolute atomic E-state index is 5.47. The molecule has 0 saturated heterocycles. The predicted molar refractivity (Wildman–Crippen MR) is 99.6 cm³/mol. The Balaban J connectivity index is 1.81. The van der Waals surface area contributed by atoms with Gasteiger partial charge in [-0.1, -0.05) is 24.3 Å². The molecule has 0 atom stereocenters. The number of benzene rings is 2. The van der Waals surface area contributed by atoms with Crippen LogP contribution in [0, 0.1) is 0 Å². The van der Waals surface area contributed by atoms with Gasteiger partial charge in [0.15, 0.2) is 0 Å². The highest BCUT2D eigenvalue weighted by Crippen LogP contribution is 2.35. The number of amidine groups is 1. The standard InChI is InChI=1S/C19H22N2O2S/c1-22-15-8-9-17(23-2)18(12-15)24-13-14-6-3-4-7-16(14)19-20-10-5-11-21-19/h3-4,6-9,12H,5,10-11,13H2,1-2H3,(H,20,21). The van der Waals surface area contributed by atoms with Gasteiger partial charge >= 0.3 is 0 Å². The van der Waals surface area contributed by atoms with Gasteiger partial charge in [-0.15, -0.1) is 11.8 Å². The highest BCUT2D eigenvalue weighted by Gasteiger charge is 2.13. The first-order valence-corrected chi connectivity index (χ1v) is 9.02. The van der Waals surface area contributed by atoms with Crippen LogP contribution in [-0.4, -0.2) is 33.1 Å². The third-order valence-electron chi connectivity index (χ3n) is 3.92. The summed E-state index contributed by atoms with van der Waals surface area (Å²) < 4.78 is 10.8. The van der Waals surface area contributed by atoms with E-state index < -0.39 is 0 Å². The van der Waals surface area contributed by atoms with E-state index in [1.165, 1.54) is 11.1 Å². The number of hydrogen-bond donors (Lipinski definition) is 1. The molecular formula is C19H22N2O2S. The van der Waals surface area contributed by atoms with Gasteiger partial charge in [0.05, 0.1) is 19.1 Å². The van der Waals surface area contributed by atoms with Crippen LogP contribution in [-0.2, 0) is 5.75 Å². The average molecular weight is 342 g/mol. The Morgan fingerprint density at radius 1 is 1.12 bits per heavy atom. The summed E-state index contributed by atoms with van der Waals surface area (Å²) >= 11 is 1.74. The quantitative estimate of drug-likeness (QED) is 0.812. The number of nitrogens with zero attached hydrogens (tertiary/aromatic N) is 1. The van der Waals surface area contributed by atoms with Crippen LogP contribution in [0.2, 0.25) is 0 Å². The van der Waals surface area contributed by atoms with Crippen molar-refractivity contribution in [2.75, 3.05) is 27.3 Å². The lowest BCUT2D eigenvalue weighted by molar-refractivity contribution is 0.394. The van der Waals surface area contributed by atoms with Crippen molar-refractivity contribution in [3.63, 3.8) is 0 Å². The Bertz CT molecular complexity index is 731. The summed E-state index contributed by atoms with van der Waals surface area (Å²) in [4.78, 5) is 5.70. The van der Waals surface area contributed by atoms with Crippen LogP contribution in [0.15, 0.2) is 52.4 Å². The number of methoxy groups -OCH3 is 2. The van der Waals surface area contributed by atoms with Crippen molar-refractivity contribution >= 4 is 17.6 Å². The van der Waals surface area contributed by atoms with E-state index in [9.17, 15) is 0 Å². The molecule has 0 fully saturated rings. The van der Waals surface area contributed by atoms with Crippen molar-refractivity contribution in [3.05, 3.63) is 53.6 Å². The fraction of sp³-hybridized carbons (Fsp3) is 0.316. The summed E-state index contributed by atoms with van der Waals surface area (Å²) in [5.41, 5.74) is 2.45. The minimum atomic E-state index is 0.838. The van der Waals surface area contributed by atoms with Crippen molar-refractivity contribution in [1.29, 1.82) is 0 Å². The van der Waals surface area contributed by atoms with Gasteiger partial charge in [-0.2, -0.15) is 0 Å². The zero-order chi connectivity index (χ0) is 16.8. The molecule has 1 aliphatic heterocycles.